The number of rotatable bonds is 3. The zero-order valence-corrected chi connectivity index (χ0v) is 10.5. The van der Waals surface area contributed by atoms with E-state index in [1.165, 1.54) is 11.8 Å². The molecule has 2 heterocycles. The number of aromatic nitrogens is 1. The minimum atomic E-state index is 0.253. The van der Waals surface area contributed by atoms with Crippen LogP contribution in [-0.4, -0.2) is 24.5 Å². The van der Waals surface area contributed by atoms with Crippen molar-refractivity contribution in [2.75, 3.05) is 13.2 Å². The molecule has 2 aromatic rings. The van der Waals surface area contributed by atoms with E-state index in [4.69, 9.17) is 9.15 Å². The van der Waals surface area contributed by atoms with Crippen molar-refractivity contribution in [3.05, 3.63) is 41.8 Å². The Labute approximate surface area is 111 Å². The summed E-state index contributed by atoms with van der Waals surface area (Å²) in [5.41, 5.74) is 2.22. The zero-order chi connectivity index (χ0) is 13.1. The van der Waals surface area contributed by atoms with E-state index in [1.54, 1.807) is 0 Å². The number of carbonyl (C=O) groups is 1. The van der Waals surface area contributed by atoms with E-state index >= 15 is 0 Å². The van der Waals surface area contributed by atoms with E-state index in [2.05, 4.69) is 17.1 Å². The monoisotopic (exact) mass is 257 g/mol. The molecule has 0 atom stereocenters. The maximum Gasteiger partial charge on any atom is 0.226 e. The zero-order valence-electron chi connectivity index (χ0n) is 10.5. The Balaban J connectivity index is 1.79. The minimum Gasteiger partial charge on any atom is -0.433 e. The summed E-state index contributed by atoms with van der Waals surface area (Å²) in [6.45, 7) is 1.68. The number of ether oxygens (including phenoxy) is 1. The maximum absolute atomic E-state index is 10.6. The SMILES string of the molecule is O=Cc1cnc(-c2ccc(C3CCOCC3)cc2)o1. The van der Waals surface area contributed by atoms with Crippen LogP contribution in [0.5, 0.6) is 0 Å². The molecule has 19 heavy (non-hydrogen) atoms. The number of hydrogen-bond acceptors (Lipinski definition) is 4. The second-order valence-electron chi connectivity index (χ2n) is 4.69. The van der Waals surface area contributed by atoms with Crippen molar-refractivity contribution in [1.82, 2.24) is 4.98 Å². The van der Waals surface area contributed by atoms with Crippen LogP contribution in [-0.2, 0) is 4.74 Å². The Morgan fingerprint density at radius 3 is 2.53 bits per heavy atom. The first-order valence-corrected chi connectivity index (χ1v) is 6.46. The van der Waals surface area contributed by atoms with Crippen LogP contribution in [0.3, 0.4) is 0 Å². The predicted octanol–water partition coefficient (Wildman–Crippen LogP) is 3.05. The maximum atomic E-state index is 10.6. The van der Waals surface area contributed by atoms with Crippen LogP contribution >= 0.6 is 0 Å². The first-order valence-electron chi connectivity index (χ1n) is 6.46. The van der Waals surface area contributed by atoms with E-state index in [-0.39, 0.29) is 5.76 Å². The lowest BCUT2D eigenvalue weighted by Crippen LogP contribution is -2.13. The highest BCUT2D eigenvalue weighted by atomic mass is 16.5. The van der Waals surface area contributed by atoms with Gasteiger partial charge in [-0.3, -0.25) is 4.79 Å². The fraction of sp³-hybridized carbons (Fsp3) is 0.333. The van der Waals surface area contributed by atoms with Crippen LogP contribution in [0.15, 0.2) is 34.9 Å². The van der Waals surface area contributed by atoms with Gasteiger partial charge in [-0.2, -0.15) is 0 Å². The van der Waals surface area contributed by atoms with E-state index in [0.717, 1.165) is 31.6 Å². The van der Waals surface area contributed by atoms with Crippen molar-refractivity contribution in [3.8, 4) is 11.5 Å². The summed E-state index contributed by atoms with van der Waals surface area (Å²) in [5.74, 6) is 1.32. The summed E-state index contributed by atoms with van der Waals surface area (Å²) in [5, 5.41) is 0. The van der Waals surface area contributed by atoms with Gasteiger partial charge in [-0.05, 0) is 36.5 Å². The van der Waals surface area contributed by atoms with Gasteiger partial charge in [-0.25, -0.2) is 4.98 Å². The molecule has 1 aromatic heterocycles. The Morgan fingerprint density at radius 2 is 1.89 bits per heavy atom. The molecule has 1 aliphatic heterocycles. The van der Waals surface area contributed by atoms with Crippen LogP contribution in [0, 0.1) is 0 Å². The molecule has 1 aliphatic rings. The van der Waals surface area contributed by atoms with Crippen LogP contribution < -0.4 is 0 Å². The number of benzene rings is 1. The highest BCUT2D eigenvalue weighted by Crippen LogP contribution is 2.28. The van der Waals surface area contributed by atoms with Crippen molar-refractivity contribution < 1.29 is 13.9 Å². The van der Waals surface area contributed by atoms with Gasteiger partial charge in [0.15, 0.2) is 12.0 Å². The number of nitrogens with zero attached hydrogens (tertiary/aromatic N) is 1. The van der Waals surface area contributed by atoms with Crippen LogP contribution in [0.4, 0.5) is 0 Å². The van der Waals surface area contributed by atoms with Gasteiger partial charge in [0.1, 0.15) is 0 Å². The van der Waals surface area contributed by atoms with Crippen molar-refractivity contribution in [3.63, 3.8) is 0 Å². The number of hydrogen-bond donors (Lipinski definition) is 0. The van der Waals surface area contributed by atoms with Crippen LogP contribution in [0.1, 0.15) is 34.9 Å². The molecular weight excluding hydrogens is 242 g/mol. The second-order valence-corrected chi connectivity index (χ2v) is 4.69. The highest BCUT2D eigenvalue weighted by Gasteiger charge is 2.16. The van der Waals surface area contributed by atoms with E-state index < -0.39 is 0 Å². The fourth-order valence-electron chi connectivity index (χ4n) is 2.40. The van der Waals surface area contributed by atoms with Gasteiger partial charge in [0.25, 0.3) is 0 Å². The molecule has 1 fully saturated rings. The number of carbonyl (C=O) groups excluding carboxylic acids is 1. The molecule has 0 saturated carbocycles. The molecule has 0 aliphatic carbocycles. The lowest BCUT2D eigenvalue weighted by Gasteiger charge is -2.22. The minimum absolute atomic E-state index is 0.253. The summed E-state index contributed by atoms with van der Waals surface area (Å²) < 4.78 is 10.7. The lowest BCUT2D eigenvalue weighted by molar-refractivity contribution is 0.0853. The van der Waals surface area contributed by atoms with Gasteiger partial charge >= 0.3 is 0 Å². The summed E-state index contributed by atoms with van der Waals surface area (Å²) in [6.07, 6.45) is 4.25. The number of aldehydes is 1. The second kappa shape index (κ2) is 5.36. The first-order chi connectivity index (χ1) is 9.36. The molecule has 0 radical (unpaired) electrons. The lowest BCUT2D eigenvalue weighted by atomic mass is 9.91. The van der Waals surface area contributed by atoms with Crippen molar-refractivity contribution in [2.24, 2.45) is 0 Å². The molecule has 0 unspecified atom stereocenters. The Morgan fingerprint density at radius 1 is 1.16 bits per heavy atom. The molecule has 1 saturated heterocycles. The van der Waals surface area contributed by atoms with Crippen LogP contribution in [0.25, 0.3) is 11.5 Å². The molecule has 4 nitrogen and oxygen atoms in total. The number of oxazole rings is 1. The normalized spacial score (nSPS) is 16.4. The first kappa shape index (κ1) is 12.1. The molecule has 0 N–H and O–H groups in total. The molecule has 0 spiro atoms. The van der Waals surface area contributed by atoms with Crippen molar-refractivity contribution in [2.45, 2.75) is 18.8 Å². The fourth-order valence-corrected chi connectivity index (χ4v) is 2.40. The van der Waals surface area contributed by atoms with Gasteiger partial charge in [-0.1, -0.05) is 12.1 Å². The van der Waals surface area contributed by atoms with Gasteiger partial charge in [0, 0.05) is 18.8 Å². The van der Waals surface area contributed by atoms with Gasteiger partial charge in [0.2, 0.25) is 5.89 Å². The molecule has 0 bridgehead atoms. The predicted molar refractivity (Wildman–Crippen MR) is 70.1 cm³/mol. The Bertz CT molecular complexity index is 553. The molecule has 0 amide bonds. The van der Waals surface area contributed by atoms with Gasteiger partial charge in [0.05, 0.1) is 6.20 Å². The average molecular weight is 257 g/mol. The smallest absolute Gasteiger partial charge is 0.226 e. The van der Waals surface area contributed by atoms with E-state index in [0.29, 0.717) is 18.1 Å². The van der Waals surface area contributed by atoms with Crippen molar-refractivity contribution >= 4 is 6.29 Å². The summed E-state index contributed by atoms with van der Waals surface area (Å²) in [4.78, 5) is 14.6. The van der Waals surface area contributed by atoms with Gasteiger partial charge in [-0.15, -0.1) is 0 Å². The third kappa shape index (κ3) is 2.58. The summed E-state index contributed by atoms with van der Waals surface area (Å²) in [6, 6.07) is 8.20. The highest BCUT2D eigenvalue weighted by molar-refractivity contribution is 5.71. The molecule has 98 valence electrons. The topological polar surface area (TPSA) is 52.3 Å². The summed E-state index contributed by atoms with van der Waals surface area (Å²) in [7, 11) is 0. The van der Waals surface area contributed by atoms with E-state index in [1.807, 2.05) is 12.1 Å². The van der Waals surface area contributed by atoms with Gasteiger partial charge < -0.3 is 9.15 Å². The molecule has 1 aromatic carbocycles. The third-order valence-electron chi connectivity index (χ3n) is 3.49. The Kier molecular flexibility index (Phi) is 3.42. The quantitative estimate of drug-likeness (QED) is 0.793. The average Bonchev–Trinajstić information content (AvgIpc) is 2.97. The van der Waals surface area contributed by atoms with Crippen molar-refractivity contribution in [1.29, 1.82) is 0 Å². The largest absolute Gasteiger partial charge is 0.433 e. The molecule has 4 heteroatoms. The standard InChI is InChI=1S/C15H15NO3/c17-10-14-9-16-15(19-14)13-3-1-11(2-4-13)12-5-7-18-8-6-12/h1-4,9-10,12H,5-8H2. The third-order valence-corrected chi connectivity index (χ3v) is 3.49. The van der Waals surface area contributed by atoms with Crippen LogP contribution in [0.2, 0.25) is 0 Å². The summed E-state index contributed by atoms with van der Waals surface area (Å²) >= 11 is 0. The molecular formula is C15H15NO3. The Hall–Kier alpha value is -1.94. The van der Waals surface area contributed by atoms with E-state index in [9.17, 15) is 4.79 Å². The molecule has 3 rings (SSSR count).